The Morgan fingerprint density at radius 2 is 1.96 bits per heavy atom. The molecule has 0 atom stereocenters. The first kappa shape index (κ1) is 18.0. The van der Waals surface area contributed by atoms with Gasteiger partial charge in [-0.25, -0.2) is 14.3 Å². The minimum atomic E-state index is -0.783. The number of hydrogen-bond acceptors (Lipinski definition) is 6. The summed E-state index contributed by atoms with van der Waals surface area (Å²) in [5.74, 6) is -1.06. The summed E-state index contributed by atoms with van der Waals surface area (Å²) in [6.07, 6.45) is 0. The Kier molecular flexibility index (Phi) is 4.99. The molecule has 0 unspecified atom stereocenters. The summed E-state index contributed by atoms with van der Waals surface area (Å²) in [4.78, 5) is 32.3. The van der Waals surface area contributed by atoms with E-state index < -0.39 is 18.5 Å². The van der Waals surface area contributed by atoms with Gasteiger partial charge in [-0.3, -0.25) is 4.79 Å². The van der Waals surface area contributed by atoms with Crippen LogP contribution in [0.25, 0.3) is 5.78 Å². The maximum Gasteiger partial charge on any atom is 0.378 e. The summed E-state index contributed by atoms with van der Waals surface area (Å²) in [7, 11) is 0. The van der Waals surface area contributed by atoms with Gasteiger partial charge in [0.25, 0.3) is 17.5 Å². The Bertz CT molecular complexity index is 1020. The average molecular weight is 418 g/mol. The molecule has 0 spiro atoms. The molecule has 0 saturated heterocycles. The Balaban J connectivity index is 1.64. The molecule has 2 heterocycles. The van der Waals surface area contributed by atoms with Gasteiger partial charge >= 0.3 is 5.97 Å². The predicted octanol–water partition coefficient (Wildman–Crippen LogP) is 2.61. The van der Waals surface area contributed by atoms with Gasteiger partial charge in [-0.15, -0.1) is 5.10 Å². The summed E-state index contributed by atoms with van der Waals surface area (Å²) in [5, 5.41) is 6.73. The largest absolute Gasteiger partial charge is 0.450 e. The molecule has 0 bridgehead atoms. The van der Waals surface area contributed by atoms with E-state index in [1.54, 1.807) is 6.07 Å². The van der Waals surface area contributed by atoms with Crippen LogP contribution in [0.15, 0.2) is 28.7 Å². The van der Waals surface area contributed by atoms with Crippen LogP contribution in [-0.4, -0.2) is 38.1 Å². The smallest absolute Gasteiger partial charge is 0.378 e. The van der Waals surface area contributed by atoms with Crippen LogP contribution in [-0.2, 0) is 9.53 Å². The number of aromatic nitrogens is 4. The van der Waals surface area contributed by atoms with Crippen molar-refractivity contribution in [3.63, 3.8) is 0 Å². The molecule has 9 heteroatoms. The fraction of sp³-hybridized carbons (Fsp3) is 0.235. The number of rotatable bonds is 4. The molecule has 26 heavy (non-hydrogen) atoms. The molecule has 0 aliphatic carbocycles. The maximum absolute atomic E-state index is 12.1. The summed E-state index contributed by atoms with van der Waals surface area (Å²) in [6.45, 7) is 5.13. The number of carbonyl (C=O) groups is 2. The van der Waals surface area contributed by atoms with Crippen molar-refractivity contribution in [3.05, 3.63) is 51.5 Å². The van der Waals surface area contributed by atoms with E-state index in [1.165, 1.54) is 4.52 Å². The topological polar surface area (TPSA) is 98.5 Å². The monoisotopic (exact) mass is 417 g/mol. The molecule has 2 aromatic heterocycles. The summed E-state index contributed by atoms with van der Waals surface area (Å²) >= 11 is 3.39. The zero-order valence-corrected chi connectivity index (χ0v) is 16.0. The number of benzene rings is 1. The van der Waals surface area contributed by atoms with Crippen LogP contribution in [0.3, 0.4) is 0 Å². The van der Waals surface area contributed by atoms with Crippen LogP contribution in [0, 0.1) is 20.8 Å². The fourth-order valence-corrected chi connectivity index (χ4v) is 2.61. The van der Waals surface area contributed by atoms with Crippen LogP contribution < -0.4 is 5.32 Å². The molecule has 0 aliphatic rings. The Hall–Kier alpha value is -2.81. The number of carbonyl (C=O) groups excluding carboxylic acids is 2. The lowest BCUT2D eigenvalue weighted by atomic mass is 10.2. The van der Waals surface area contributed by atoms with Crippen LogP contribution in [0.5, 0.6) is 0 Å². The van der Waals surface area contributed by atoms with Gasteiger partial charge in [-0.05, 0) is 50.6 Å². The SMILES string of the molecule is Cc1cc(C)n2nc(C(=O)OCC(=O)Nc3ccc(Br)c(C)c3)nc2n1. The van der Waals surface area contributed by atoms with E-state index in [4.69, 9.17) is 4.74 Å². The second-order valence-corrected chi connectivity index (χ2v) is 6.63. The van der Waals surface area contributed by atoms with E-state index in [0.29, 0.717) is 11.5 Å². The highest BCUT2D eigenvalue weighted by atomic mass is 79.9. The molecule has 0 fully saturated rings. The van der Waals surface area contributed by atoms with Gasteiger partial charge in [-0.2, -0.15) is 4.98 Å². The van der Waals surface area contributed by atoms with Crippen molar-refractivity contribution in [2.24, 2.45) is 0 Å². The highest BCUT2D eigenvalue weighted by Crippen LogP contribution is 2.19. The Morgan fingerprint density at radius 1 is 1.19 bits per heavy atom. The van der Waals surface area contributed by atoms with Crippen LogP contribution >= 0.6 is 15.9 Å². The molecule has 1 amide bonds. The van der Waals surface area contributed by atoms with Crippen LogP contribution in [0.2, 0.25) is 0 Å². The number of esters is 1. The predicted molar refractivity (Wildman–Crippen MR) is 98.0 cm³/mol. The van der Waals surface area contributed by atoms with Crippen molar-refractivity contribution in [1.29, 1.82) is 0 Å². The maximum atomic E-state index is 12.1. The molecular formula is C17H16BrN5O3. The molecule has 3 aromatic rings. The van der Waals surface area contributed by atoms with Crippen molar-refractivity contribution < 1.29 is 14.3 Å². The molecule has 3 rings (SSSR count). The summed E-state index contributed by atoms with van der Waals surface area (Å²) in [6, 6.07) is 7.21. The van der Waals surface area contributed by atoms with Crippen LogP contribution in [0.4, 0.5) is 5.69 Å². The highest BCUT2D eigenvalue weighted by Gasteiger charge is 2.17. The number of anilines is 1. The van der Waals surface area contributed by atoms with Gasteiger partial charge in [-0.1, -0.05) is 15.9 Å². The third-order valence-electron chi connectivity index (χ3n) is 3.58. The zero-order valence-electron chi connectivity index (χ0n) is 14.4. The summed E-state index contributed by atoms with van der Waals surface area (Å²) in [5.41, 5.74) is 3.16. The number of fused-ring (bicyclic) bond motifs is 1. The Labute approximate surface area is 157 Å². The molecule has 1 N–H and O–H groups in total. The van der Waals surface area contributed by atoms with E-state index in [9.17, 15) is 9.59 Å². The zero-order chi connectivity index (χ0) is 18.8. The van der Waals surface area contributed by atoms with E-state index >= 15 is 0 Å². The number of hydrogen-bond donors (Lipinski definition) is 1. The first-order valence-corrected chi connectivity index (χ1v) is 8.57. The molecule has 1 aromatic carbocycles. The van der Waals surface area contributed by atoms with Crippen molar-refractivity contribution >= 4 is 39.3 Å². The van der Waals surface area contributed by atoms with E-state index in [1.807, 2.05) is 39.0 Å². The standard InChI is InChI=1S/C17H16BrN5O3/c1-9-6-12(4-5-13(9)18)20-14(24)8-26-16(25)15-21-17-19-10(2)7-11(3)23(17)22-15/h4-7H,8H2,1-3H3,(H,20,24). The van der Waals surface area contributed by atoms with Crippen molar-refractivity contribution in [1.82, 2.24) is 19.6 Å². The lowest BCUT2D eigenvalue weighted by Gasteiger charge is -2.07. The van der Waals surface area contributed by atoms with Crippen molar-refractivity contribution in [3.8, 4) is 0 Å². The number of aryl methyl sites for hydroxylation is 3. The molecule has 0 saturated carbocycles. The molecular weight excluding hydrogens is 402 g/mol. The second kappa shape index (κ2) is 7.20. The van der Waals surface area contributed by atoms with Gasteiger partial charge < -0.3 is 10.1 Å². The quantitative estimate of drug-likeness (QED) is 0.655. The summed E-state index contributed by atoms with van der Waals surface area (Å²) < 4.78 is 7.39. The molecule has 134 valence electrons. The van der Waals surface area contributed by atoms with Gasteiger partial charge in [0, 0.05) is 21.5 Å². The Morgan fingerprint density at radius 3 is 2.69 bits per heavy atom. The van der Waals surface area contributed by atoms with E-state index in [-0.39, 0.29) is 5.82 Å². The number of halogens is 1. The first-order chi connectivity index (χ1) is 12.3. The van der Waals surface area contributed by atoms with Crippen LogP contribution in [0.1, 0.15) is 27.6 Å². The van der Waals surface area contributed by atoms with E-state index in [0.717, 1.165) is 21.4 Å². The molecule has 0 aliphatic heterocycles. The van der Waals surface area contributed by atoms with Gasteiger partial charge in [0.2, 0.25) is 0 Å². The number of amides is 1. The first-order valence-electron chi connectivity index (χ1n) is 7.77. The number of ether oxygens (including phenoxy) is 1. The molecule has 8 nitrogen and oxygen atoms in total. The minimum absolute atomic E-state index is 0.140. The number of nitrogens with one attached hydrogen (secondary N) is 1. The lowest BCUT2D eigenvalue weighted by molar-refractivity contribution is -0.119. The third kappa shape index (κ3) is 3.88. The highest BCUT2D eigenvalue weighted by molar-refractivity contribution is 9.10. The minimum Gasteiger partial charge on any atom is -0.450 e. The molecule has 0 radical (unpaired) electrons. The van der Waals surface area contributed by atoms with Crippen molar-refractivity contribution in [2.45, 2.75) is 20.8 Å². The average Bonchev–Trinajstić information content (AvgIpc) is 3.00. The fourth-order valence-electron chi connectivity index (χ4n) is 2.37. The van der Waals surface area contributed by atoms with Gasteiger partial charge in [0.1, 0.15) is 0 Å². The second-order valence-electron chi connectivity index (χ2n) is 5.77. The lowest BCUT2D eigenvalue weighted by Crippen LogP contribution is -2.21. The van der Waals surface area contributed by atoms with E-state index in [2.05, 4.69) is 36.3 Å². The van der Waals surface area contributed by atoms with Gasteiger partial charge in [0.05, 0.1) is 0 Å². The number of nitrogens with zero attached hydrogens (tertiary/aromatic N) is 4. The normalized spacial score (nSPS) is 10.8. The van der Waals surface area contributed by atoms with Gasteiger partial charge in [0.15, 0.2) is 6.61 Å². The van der Waals surface area contributed by atoms with Crippen molar-refractivity contribution in [2.75, 3.05) is 11.9 Å². The third-order valence-corrected chi connectivity index (χ3v) is 4.47.